The summed E-state index contributed by atoms with van der Waals surface area (Å²) in [7, 11) is -0.105. The van der Waals surface area contributed by atoms with Crippen molar-refractivity contribution in [2.24, 2.45) is 5.92 Å². The van der Waals surface area contributed by atoms with Gasteiger partial charge in [-0.3, -0.25) is 4.79 Å². The van der Waals surface area contributed by atoms with Crippen molar-refractivity contribution >= 4 is 15.9 Å². The highest BCUT2D eigenvalue weighted by Gasteiger charge is 2.27. The second-order valence-electron chi connectivity index (χ2n) is 7.47. The lowest BCUT2D eigenvalue weighted by atomic mass is 9.86. The molecule has 1 amide bonds. The van der Waals surface area contributed by atoms with Gasteiger partial charge in [0.2, 0.25) is 10.0 Å². The molecule has 0 aromatic heterocycles. The number of amides is 1. The smallest absolute Gasteiger partial charge is 0.253 e. The molecule has 0 spiro atoms. The zero-order valence-corrected chi connectivity index (χ0v) is 16.7. The summed E-state index contributed by atoms with van der Waals surface area (Å²) in [6.45, 7) is 5.91. The number of nitrogens with zero attached hydrogens (tertiary/aromatic N) is 2. The lowest BCUT2D eigenvalue weighted by Crippen LogP contribution is -2.39. The molecule has 0 saturated heterocycles. The zero-order valence-electron chi connectivity index (χ0n) is 15.9. The van der Waals surface area contributed by atoms with Crippen LogP contribution in [0, 0.1) is 5.92 Å². The van der Waals surface area contributed by atoms with Crippen molar-refractivity contribution < 1.29 is 13.2 Å². The van der Waals surface area contributed by atoms with Gasteiger partial charge in [0.05, 0.1) is 4.90 Å². The Kier molecular flexibility index (Phi) is 6.27. The van der Waals surface area contributed by atoms with Gasteiger partial charge in [0, 0.05) is 31.7 Å². The van der Waals surface area contributed by atoms with Crippen LogP contribution in [-0.2, 0) is 10.0 Å². The van der Waals surface area contributed by atoms with Crippen molar-refractivity contribution in [2.45, 2.75) is 63.4 Å². The van der Waals surface area contributed by atoms with Gasteiger partial charge in [0.25, 0.3) is 5.91 Å². The second kappa shape index (κ2) is 7.87. The van der Waals surface area contributed by atoms with Crippen molar-refractivity contribution in [1.29, 1.82) is 0 Å². The van der Waals surface area contributed by atoms with Gasteiger partial charge in [-0.05, 0) is 69.7 Å². The minimum absolute atomic E-state index is 0.0410. The first-order chi connectivity index (χ1) is 11.6. The van der Waals surface area contributed by atoms with Crippen molar-refractivity contribution in [3.63, 3.8) is 0 Å². The fourth-order valence-electron chi connectivity index (χ4n) is 3.21. The Labute approximate surface area is 152 Å². The zero-order chi connectivity index (χ0) is 18.8. The molecule has 6 heteroatoms. The highest BCUT2D eigenvalue weighted by molar-refractivity contribution is 7.89. The third kappa shape index (κ3) is 4.42. The van der Waals surface area contributed by atoms with Crippen LogP contribution in [0.15, 0.2) is 29.2 Å². The summed E-state index contributed by atoms with van der Waals surface area (Å²) in [5, 5.41) is 0. The van der Waals surface area contributed by atoms with Crippen LogP contribution in [0.2, 0.25) is 0 Å². The topological polar surface area (TPSA) is 57.7 Å². The van der Waals surface area contributed by atoms with Crippen molar-refractivity contribution in [3.05, 3.63) is 29.8 Å². The van der Waals surface area contributed by atoms with E-state index in [-0.39, 0.29) is 22.9 Å². The summed E-state index contributed by atoms with van der Waals surface area (Å²) in [6.07, 6.45) is 4.38. The molecule has 25 heavy (non-hydrogen) atoms. The Bertz CT molecular complexity index is 690. The van der Waals surface area contributed by atoms with E-state index in [4.69, 9.17) is 0 Å². The van der Waals surface area contributed by atoms with Crippen LogP contribution in [0.4, 0.5) is 0 Å². The lowest BCUT2D eigenvalue weighted by molar-refractivity contribution is 0.0679. The monoisotopic (exact) mass is 366 g/mol. The van der Waals surface area contributed by atoms with Gasteiger partial charge in [0.1, 0.15) is 0 Å². The molecule has 0 heterocycles. The molecule has 1 aromatic rings. The molecule has 0 N–H and O–H groups in total. The molecule has 1 aliphatic carbocycles. The minimum Gasteiger partial charge on any atom is -0.339 e. The average molecular weight is 367 g/mol. The van der Waals surface area contributed by atoms with Gasteiger partial charge in [-0.25, -0.2) is 8.42 Å². The maximum absolute atomic E-state index is 12.7. The molecule has 0 bridgehead atoms. The summed E-state index contributed by atoms with van der Waals surface area (Å²) in [5.74, 6) is 0.697. The van der Waals surface area contributed by atoms with E-state index in [1.807, 2.05) is 25.8 Å². The number of rotatable bonds is 5. The van der Waals surface area contributed by atoms with Gasteiger partial charge in [-0.15, -0.1) is 0 Å². The molecule has 0 unspecified atom stereocenters. The number of carbonyl (C=O) groups is 1. The SMILES string of the molecule is CC1CCC(N(C)C(=O)c2ccc(S(=O)(=O)N(C)C(C)C)cc2)CC1. The van der Waals surface area contributed by atoms with Crippen LogP contribution in [-0.4, -0.2) is 49.7 Å². The summed E-state index contributed by atoms with van der Waals surface area (Å²) in [4.78, 5) is 14.7. The molecule has 5 nitrogen and oxygen atoms in total. The molecule has 1 aromatic carbocycles. The molecular formula is C19H30N2O3S. The summed E-state index contributed by atoms with van der Waals surface area (Å²) in [6, 6.07) is 6.44. The van der Waals surface area contributed by atoms with E-state index in [2.05, 4.69) is 6.92 Å². The summed E-state index contributed by atoms with van der Waals surface area (Å²) >= 11 is 0. The maximum Gasteiger partial charge on any atom is 0.253 e. The van der Waals surface area contributed by atoms with E-state index < -0.39 is 10.0 Å². The molecule has 2 rings (SSSR count). The second-order valence-corrected chi connectivity index (χ2v) is 9.47. The van der Waals surface area contributed by atoms with Crippen molar-refractivity contribution in [3.8, 4) is 0 Å². The molecule has 140 valence electrons. The van der Waals surface area contributed by atoms with Crippen LogP contribution >= 0.6 is 0 Å². The lowest BCUT2D eigenvalue weighted by Gasteiger charge is -2.33. The van der Waals surface area contributed by atoms with Crippen LogP contribution < -0.4 is 0 Å². The first-order valence-corrected chi connectivity index (χ1v) is 10.4. The molecule has 0 aliphatic heterocycles. The summed E-state index contributed by atoms with van der Waals surface area (Å²) < 4.78 is 26.3. The van der Waals surface area contributed by atoms with Crippen molar-refractivity contribution in [1.82, 2.24) is 9.21 Å². The Morgan fingerprint density at radius 1 is 1.04 bits per heavy atom. The number of hydrogen-bond acceptors (Lipinski definition) is 3. The van der Waals surface area contributed by atoms with Gasteiger partial charge in [0.15, 0.2) is 0 Å². The van der Waals surface area contributed by atoms with Crippen LogP contribution in [0.1, 0.15) is 56.8 Å². The highest BCUT2D eigenvalue weighted by atomic mass is 32.2. The van der Waals surface area contributed by atoms with E-state index in [0.717, 1.165) is 31.6 Å². The van der Waals surface area contributed by atoms with Crippen molar-refractivity contribution in [2.75, 3.05) is 14.1 Å². The molecule has 1 fully saturated rings. The number of sulfonamides is 1. The fourth-order valence-corrected chi connectivity index (χ4v) is 4.58. The standard InChI is InChI=1S/C19H30N2O3S/c1-14(2)21(5)25(23,24)18-12-8-16(9-13-18)19(22)20(4)17-10-6-15(3)7-11-17/h8-9,12-15,17H,6-7,10-11H2,1-5H3. The van der Waals surface area contributed by atoms with E-state index >= 15 is 0 Å². The third-order valence-electron chi connectivity index (χ3n) is 5.36. The predicted molar refractivity (Wildman–Crippen MR) is 100 cm³/mol. The van der Waals surface area contributed by atoms with E-state index in [1.165, 1.54) is 16.4 Å². The predicted octanol–water partition coefficient (Wildman–Crippen LogP) is 3.37. The molecule has 0 radical (unpaired) electrons. The summed E-state index contributed by atoms with van der Waals surface area (Å²) in [5.41, 5.74) is 0.535. The fraction of sp³-hybridized carbons (Fsp3) is 0.632. The largest absolute Gasteiger partial charge is 0.339 e. The number of benzene rings is 1. The van der Waals surface area contributed by atoms with Gasteiger partial charge in [-0.2, -0.15) is 4.31 Å². The number of hydrogen-bond donors (Lipinski definition) is 0. The van der Waals surface area contributed by atoms with Crippen LogP contribution in [0.3, 0.4) is 0 Å². The highest BCUT2D eigenvalue weighted by Crippen LogP contribution is 2.27. The van der Waals surface area contributed by atoms with E-state index in [1.54, 1.807) is 19.2 Å². The Morgan fingerprint density at radius 2 is 1.56 bits per heavy atom. The Hall–Kier alpha value is -1.40. The number of carbonyl (C=O) groups excluding carboxylic acids is 1. The minimum atomic E-state index is -3.52. The Balaban J connectivity index is 2.12. The van der Waals surface area contributed by atoms with Gasteiger partial charge in [-0.1, -0.05) is 6.92 Å². The quantitative estimate of drug-likeness (QED) is 0.803. The average Bonchev–Trinajstić information content (AvgIpc) is 2.60. The normalized spacial score (nSPS) is 21.6. The third-order valence-corrected chi connectivity index (χ3v) is 7.41. The molecule has 1 aliphatic rings. The molecular weight excluding hydrogens is 336 g/mol. The van der Waals surface area contributed by atoms with Gasteiger partial charge >= 0.3 is 0 Å². The first kappa shape index (κ1) is 19.9. The van der Waals surface area contributed by atoms with Crippen LogP contribution in [0.5, 0.6) is 0 Å². The molecule has 0 atom stereocenters. The van der Waals surface area contributed by atoms with E-state index in [0.29, 0.717) is 5.56 Å². The van der Waals surface area contributed by atoms with Gasteiger partial charge < -0.3 is 4.90 Å². The van der Waals surface area contributed by atoms with Crippen LogP contribution in [0.25, 0.3) is 0 Å². The Morgan fingerprint density at radius 3 is 2.04 bits per heavy atom. The van der Waals surface area contributed by atoms with E-state index in [9.17, 15) is 13.2 Å². The maximum atomic E-state index is 12.7. The first-order valence-electron chi connectivity index (χ1n) is 8.99. The molecule has 1 saturated carbocycles.